The molecule has 0 radical (unpaired) electrons. The topological polar surface area (TPSA) is 113 Å². The summed E-state index contributed by atoms with van der Waals surface area (Å²) in [7, 11) is 5.13. The second-order valence-electron chi connectivity index (χ2n) is 7.57. The highest BCUT2D eigenvalue weighted by Gasteiger charge is 2.15. The first kappa shape index (κ1) is 26.9. The highest BCUT2D eigenvalue weighted by Crippen LogP contribution is 2.28. The van der Waals surface area contributed by atoms with E-state index in [1.807, 2.05) is 31.3 Å². The van der Waals surface area contributed by atoms with Crippen LogP contribution in [-0.2, 0) is 0 Å². The fourth-order valence-electron chi connectivity index (χ4n) is 3.35. The van der Waals surface area contributed by atoms with Crippen molar-refractivity contribution in [2.24, 2.45) is 0 Å². The summed E-state index contributed by atoms with van der Waals surface area (Å²) < 4.78 is 5.52. The van der Waals surface area contributed by atoms with Crippen molar-refractivity contribution in [1.29, 1.82) is 0 Å². The largest absolute Gasteiger partial charge is 0.496 e. The van der Waals surface area contributed by atoms with Crippen molar-refractivity contribution >= 4 is 31.0 Å². The molecule has 1 aromatic carbocycles. The molecule has 34 heavy (non-hydrogen) atoms. The third-order valence-electron chi connectivity index (χ3n) is 5.25. The van der Waals surface area contributed by atoms with Crippen molar-refractivity contribution in [1.82, 2.24) is 25.6 Å². The van der Waals surface area contributed by atoms with Crippen LogP contribution in [-0.4, -0.2) is 61.7 Å². The number of ether oxygens (including phenoxy) is 1. The third-order valence-corrected chi connectivity index (χ3v) is 5.25. The number of benzene rings is 1. The van der Waals surface area contributed by atoms with Crippen LogP contribution in [0.5, 0.6) is 5.75 Å². The Bertz CT molecular complexity index is 1060. The Kier molecular flexibility index (Phi) is 10.6. The van der Waals surface area contributed by atoms with Crippen molar-refractivity contribution < 1.29 is 9.53 Å². The summed E-state index contributed by atoms with van der Waals surface area (Å²) >= 11 is 0. The molecule has 0 saturated heterocycles. The van der Waals surface area contributed by atoms with Gasteiger partial charge in [0.05, 0.1) is 12.8 Å². The molecule has 1 atom stereocenters. The molecule has 182 valence electrons. The van der Waals surface area contributed by atoms with Crippen LogP contribution < -0.4 is 26.0 Å². The number of pyridine rings is 1. The Hall–Kier alpha value is -3.37. The zero-order valence-electron chi connectivity index (χ0n) is 20.0. The van der Waals surface area contributed by atoms with Gasteiger partial charge in [0, 0.05) is 56.0 Å². The molecule has 0 fully saturated rings. The summed E-state index contributed by atoms with van der Waals surface area (Å²) in [6, 6.07) is 11.3. The zero-order valence-corrected chi connectivity index (χ0v) is 21.0. The van der Waals surface area contributed by atoms with E-state index in [4.69, 9.17) is 4.74 Å². The highest BCUT2D eigenvalue weighted by molar-refractivity contribution is 7.59. The number of anilines is 2. The second kappa shape index (κ2) is 13.4. The molecule has 2 aromatic heterocycles. The van der Waals surface area contributed by atoms with Crippen LogP contribution in [0.15, 0.2) is 48.9 Å². The lowest BCUT2D eigenvalue weighted by molar-refractivity contribution is 0.0962. The molecule has 3 rings (SSSR count). The first-order valence-corrected chi connectivity index (χ1v) is 10.9. The van der Waals surface area contributed by atoms with Crippen molar-refractivity contribution in [3.8, 4) is 17.0 Å². The Morgan fingerprint density at radius 1 is 1.00 bits per heavy atom. The Morgan fingerprint density at radius 2 is 1.82 bits per heavy atom. The Labute approximate surface area is 207 Å². The molecule has 3 aromatic rings. The quantitative estimate of drug-likeness (QED) is 0.308. The smallest absolute Gasteiger partial charge is 0.251 e. The average Bonchev–Trinajstić information content (AvgIpc) is 2.87. The van der Waals surface area contributed by atoms with Gasteiger partial charge in [-0.2, -0.15) is 13.5 Å². The second-order valence-corrected chi connectivity index (χ2v) is 7.57. The van der Waals surface area contributed by atoms with Crippen molar-refractivity contribution in [2.75, 3.05) is 51.5 Å². The zero-order chi connectivity index (χ0) is 23.6. The summed E-state index contributed by atoms with van der Waals surface area (Å²) in [5.41, 5.74) is 3.29. The van der Waals surface area contributed by atoms with Gasteiger partial charge in [-0.1, -0.05) is 13.0 Å². The van der Waals surface area contributed by atoms with Gasteiger partial charge in [-0.05, 0) is 36.9 Å². The minimum absolute atomic E-state index is 0. The van der Waals surface area contributed by atoms with Crippen molar-refractivity contribution in [3.63, 3.8) is 0 Å². The molecule has 0 aliphatic heterocycles. The van der Waals surface area contributed by atoms with Gasteiger partial charge in [0.25, 0.3) is 5.91 Å². The minimum atomic E-state index is -0.143. The third kappa shape index (κ3) is 7.06. The SMILES string of the molecule is CNCCNc1ccc(-c2cc(NC[C@@H](C)c3ccc(C(=O)NC)cc3OC)ncn2)cn1.S. The fraction of sp³-hybridized carbons (Fsp3) is 0.333. The molecule has 0 aliphatic rings. The minimum Gasteiger partial charge on any atom is -0.496 e. The number of likely N-dealkylation sites (N-methyl/N-ethyl adjacent to an activating group) is 1. The summed E-state index contributed by atoms with van der Waals surface area (Å²) in [6.07, 6.45) is 3.34. The molecule has 0 aliphatic carbocycles. The number of nitrogens with one attached hydrogen (secondary N) is 4. The van der Waals surface area contributed by atoms with Crippen LogP contribution >= 0.6 is 13.5 Å². The molecular weight excluding hydrogens is 450 g/mol. The Morgan fingerprint density at radius 3 is 2.50 bits per heavy atom. The molecule has 0 saturated carbocycles. The number of aromatic nitrogens is 3. The maximum absolute atomic E-state index is 11.9. The molecule has 2 heterocycles. The van der Waals surface area contributed by atoms with Gasteiger partial charge in [-0.25, -0.2) is 15.0 Å². The van der Waals surface area contributed by atoms with Crippen molar-refractivity contribution in [2.45, 2.75) is 12.8 Å². The molecule has 9 nitrogen and oxygen atoms in total. The molecular formula is C24H33N7O2S. The number of carbonyl (C=O) groups is 1. The van der Waals surface area contributed by atoms with E-state index in [2.05, 4.69) is 43.1 Å². The van der Waals surface area contributed by atoms with E-state index in [1.165, 1.54) is 0 Å². The van der Waals surface area contributed by atoms with E-state index in [0.29, 0.717) is 17.9 Å². The lowest BCUT2D eigenvalue weighted by Gasteiger charge is -2.17. The van der Waals surface area contributed by atoms with Gasteiger partial charge in [-0.15, -0.1) is 0 Å². The van der Waals surface area contributed by atoms with E-state index in [0.717, 1.165) is 41.5 Å². The predicted molar refractivity (Wildman–Crippen MR) is 141 cm³/mol. The van der Waals surface area contributed by atoms with Crippen LogP contribution in [0.4, 0.5) is 11.6 Å². The molecule has 0 spiro atoms. The molecule has 1 amide bonds. The number of hydrogen-bond acceptors (Lipinski definition) is 8. The maximum atomic E-state index is 11.9. The Balaban J connectivity index is 0.00000408. The highest BCUT2D eigenvalue weighted by atomic mass is 32.1. The van der Waals surface area contributed by atoms with Crippen LogP contribution in [0, 0.1) is 0 Å². The van der Waals surface area contributed by atoms with Crippen LogP contribution in [0.3, 0.4) is 0 Å². The molecule has 4 N–H and O–H groups in total. The number of amides is 1. The monoisotopic (exact) mass is 483 g/mol. The summed E-state index contributed by atoms with van der Waals surface area (Å²) in [4.78, 5) is 25.1. The van der Waals surface area contributed by atoms with Crippen LogP contribution in [0.2, 0.25) is 0 Å². The average molecular weight is 484 g/mol. The van der Waals surface area contributed by atoms with E-state index >= 15 is 0 Å². The normalized spacial score (nSPS) is 11.2. The van der Waals surface area contributed by atoms with E-state index in [1.54, 1.807) is 38.8 Å². The number of carbonyl (C=O) groups excluding carboxylic acids is 1. The van der Waals surface area contributed by atoms with E-state index in [-0.39, 0.29) is 25.3 Å². The summed E-state index contributed by atoms with van der Waals surface area (Å²) in [5.74, 6) is 2.22. The molecule has 10 heteroatoms. The number of rotatable bonds is 11. The van der Waals surface area contributed by atoms with Crippen molar-refractivity contribution in [3.05, 3.63) is 60.0 Å². The van der Waals surface area contributed by atoms with Gasteiger partial charge in [0.15, 0.2) is 0 Å². The lowest BCUT2D eigenvalue weighted by atomic mass is 9.98. The number of nitrogens with zero attached hydrogens (tertiary/aromatic N) is 3. The lowest BCUT2D eigenvalue weighted by Crippen LogP contribution is -2.18. The van der Waals surface area contributed by atoms with Crippen LogP contribution in [0.1, 0.15) is 28.8 Å². The molecule has 0 unspecified atom stereocenters. The van der Waals surface area contributed by atoms with E-state index in [9.17, 15) is 4.79 Å². The van der Waals surface area contributed by atoms with E-state index < -0.39 is 0 Å². The van der Waals surface area contributed by atoms with Gasteiger partial charge in [-0.3, -0.25) is 4.79 Å². The summed E-state index contributed by atoms with van der Waals surface area (Å²) in [5, 5.41) is 12.3. The standard InChI is InChI=1S/C24H31N7O2.H2S/c1-16(19-7-5-17(24(32)26-3)11-21(19)33-4)13-28-23-12-20(30-15-31-23)18-6-8-22(29-14-18)27-10-9-25-2;/h5-8,11-12,14-16,25H,9-10,13H2,1-4H3,(H,26,32)(H,27,29)(H,28,30,31);1H2/t16-;/m1./s1. The number of methoxy groups -OCH3 is 1. The molecule has 0 bridgehead atoms. The first-order valence-electron chi connectivity index (χ1n) is 10.9. The van der Waals surface area contributed by atoms with Gasteiger partial charge >= 0.3 is 0 Å². The van der Waals surface area contributed by atoms with Gasteiger partial charge in [0.2, 0.25) is 0 Å². The van der Waals surface area contributed by atoms with Gasteiger partial charge in [0.1, 0.15) is 23.7 Å². The van der Waals surface area contributed by atoms with Gasteiger partial charge < -0.3 is 26.0 Å². The first-order chi connectivity index (χ1) is 16.0. The summed E-state index contributed by atoms with van der Waals surface area (Å²) in [6.45, 7) is 4.41. The fourth-order valence-corrected chi connectivity index (χ4v) is 3.35. The maximum Gasteiger partial charge on any atom is 0.251 e. The predicted octanol–water partition coefficient (Wildman–Crippen LogP) is 2.87. The number of hydrogen-bond donors (Lipinski definition) is 4. The van der Waals surface area contributed by atoms with Crippen LogP contribution in [0.25, 0.3) is 11.3 Å².